The van der Waals surface area contributed by atoms with Crippen molar-refractivity contribution in [2.75, 3.05) is 38.1 Å². The smallest absolute Gasteiger partial charge is 0.284 e. The largest absolute Gasteiger partial charge is 0.353 e. The van der Waals surface area contributed by atoms with Crippen LogP contribution in [0.15, 0.2) is 4.79 Å². The van der Waals surface area contributed by atoms with Crippen molar-refractivity contribution in [2.45, 2.75) is 0 Å². The van der Waals surface area contributed by atoms with Gasteiger partial charge >= 0.3 is 0 Å². The zero-order valence-electron chi connectivity index (χ0n) is 8.58. The average Bonchev–Trinajstić information content (AvgIpc) is 2.61. The van der Waals surface area contributed by atoms with Gasteiger partial charge in [0.15, 0.2) is 5.56 Å². The van der Waals surface area contributed by atoms with Gasteiger partial charge in [-0.1, -0.05) is 0 Å². The first kappa shape index (κ1) is 9.80. The summed E-state index contributed by atoms with van der Waals surface area (Å²) in [6.07, 6.45) is 0. The van der Waals surface area contributed by atoms with Crippen LogP contribution >= 0.6 is 0 Å². The minimum absolute atomic E-state index is 0.180. The van der Waals surface area contributed by atoms with E-state index in [0.717, 1.165) is 26.2 Å². The van der Waals surface area contributed by atoms with Gasteiger partial charge in [0, 0.05) is 26.2 Å². The third kappa shape index (κ3) is 1.74. The summed E-state index contributed by atoms with van der Waals surface area (Å²) in [4.78, 5) is 15.5. The zero-order valence-corrected chi connectivity index (χ0v) is 8.58. The molecule has 1 aliphatic rings. The van der Waals surface area contributed by atoms with E-state index in [-0.39, 0.29) is 11.1 Å². The number of piperazine rings is 1. The van der Waals surface area contributed by atoms with Crippen LogP contribution in [-0.2, 0) is 0 Å². The summed E-state index contributed by atoms with van der Waals surface area (Å²) in [5.41, 5.74) is -0.161. The van der Waals surface area contributed by atoms with E-state index in [9.17, 15) is 4.79 Å². The van der Waals surface area contributed by atoms with Crippen LogP contribution in [0.2, 0.25) is 0 Å². The lowest BCUT2D eigenvalue weighted by Gasteiger charge is -2.32. The number of aromatic amines is 2. The first-order chi connectivity index (χ1) is 7.22. The summed E-state index contributed by atoms with van der Waals surface area (Å²) >= 11 is 0. The van der Waals surface area contributed by atoms with Crippen LogP contribution in [0.5, 0.6) is 0 Å². The SMILES string of the molecule is CN1CCN(c2[nH][nH]c(=O)c2C#N)CC1. The van der Waals surface area contributed by atoms with Gasteiger partial charge in [-0.2, -0.15) is 5.26 Å². The van der Waals surface area contributed by atoms with Gasteiger partial charge in [-0.3, -0.25) is 15.0 Å². The minimum Gasteiger partial charge on any atom is -0.353 e. The molecular weight excluding hydrogens is 194 g/mol. The maximum absolute atomic E-state index is 11.2. The predicted octanol–water partition coefficient (Wildman–Crippen LogP) is -0.674. The Kier molecular flexibility index (Phi) is 2.47. The standard InChI is InChI=1S/C9H13N5O/c1-13-2-4-14(5-3-13)8-7(6-10)9(15)12-11-8/h2-5H2,1H3,(H2,11,12,15). The Bertz CT molecular complexity index is 432. The monoisotopic (exact) mass is 207 g/mol. The molecule has 15 heavy (non-hydrogen) atoms. The highest BCUT2D eigenvalue weighted by Crippen LogP contribution is 2.14. The molecule has 0 aromatic carbocycles. The summed E-state index contributed by atoms with van der Waals surface area (Å²) < 4.78 is 0. The van der Waals surface area contributed by atoms with Crippen molar-refractivity contribution >= 4 is 5.82 Å². The molecule has 0 bridgehead atoms. The molecule has 0 amide bonds. The molecule has 1 saturated heterocycles. The van der Waals surface area contributed by atoms with Crippen molar-refractivity contribution < 1.29 is 0 Å². The molecule has 2 rings (SSSR count). The second kappa shape index (κ2) is 3.79. The predicted molar refractivity (Wildman–Crippen MR) is 55.8 cm³/mol. The van der Waals surface area contributed by atoms with E-state index in [1.54, 1.807) is 0 Å². The van der Waals surface area contributed by atoms with Gasteiger partial charge in [-0.25, -0.2) is 0 Å². The number of nitrogens with one attached hydrogen (secondary N) is 2. The van der Waals surface area contributed by atoms with Crippen LogP contribution < -0.4 is 10.5 Å². The van der Waals surface area contributed by atoms with Crippen molar-refractivity contribution in [1.82, 2.24) is 15.1 Å². The average molecular weight is 207 g/mol. The molecule has 6 nitrogen and oxygen atoms in total. The van der Waals surface area contributed by atoms with E-state index >= 15 is 0 Å². The molecule has 2 N–H and O–H groups in total. The summed E-state index contributed by atoms with van der Waals surface area (Å²) in [6.45, 7) is 3.55. The maximum atomic E-state index is 11.2. The molecule has 1 fully saturated rings. The Morgan fingerprint density at radius 2 is 1.93 bits per heavy atom. The van der Waals surface area contributed by atoms with Crippen molar-refractivity contribution in [3.05, 3.63) is 15.9 Å². The summed E-state index contributed by atoms with van der Waals surface area (Å²) in [5, 5.41) is 14.0. The van der Waals surface area contributed by atoms with Crippen molar-refractivity contribution in [2.24, 2.45) is 0 Å². The highest BCUT2D eigenvalue weighted by molar-refractivity contribution is 5.52. The third-order valence-corrected chi connectivity index (χ3v) is 2.69. The molecule has 0 saturated carbocycles. The topological polar surface area (TPSA) is 78.9 Å². The number of rotatable bonds is 1. The molecule has 0 spiro atoms. The lowest BCUT2D eigenvalue weighted by molar-refractivity contribution is 0.312. The van der Waals surface area contributed by atoms with Gasteiger partial charge in [0.05, 0.1) is 0 Å². The minimum atomic E-state index is -0.341. The molecule has 6 heteroatoms. The van der Waals surface area contributed by atoms with Gasteiger partial charge in [0.1, 0.15) is 11.9 Å². The number of likely N-dealkylation sites (N-methyl/N-ethyl adjacent to an activating group) is 1. The van der Waals surface area contributed by atoms with E-state index in [1.165, 1.54) is 0 Å². The Hall–Kier alpha value is -1.74. The van der Waals surface area contributed by atoms with Gasteiger partial charge in [-0.05, 0) is 7.05 Å². The van der Waals surface area contributed by atoms with Crippen LogP contribution in [0, 0.1) is 11.3 Å². The van der Waals surface area contributed by atoms with E-state index in [1.807, 2.05) is 11.0 Å². The Labute approximate surface area is 87.1 Å². The van der Waals surface area contributed by atoms with Gasteiger partial charge in [0.25, 0.3) is 5.56 Å². The molecule has 1 aromatic rings. The van der Waals surface area contributed by atoms with Crippen LogP contribution in [-0.4, -0.2) is 48.3 Å². The maximum Gasteiger partial charge on any atom is 0.284 e. The highest BCUT2D eigenvalue weighted by Gasteiger charge is 2.19. The van der Waals surface area contributed by atoms with Crippen molar-refractivity contribution in [3.63, 3.8) is 0 Å². The van der Waals surface area contributed by atoms with E-state index in [4.69, 9.17) is 5.26 Å². The summed E-state index contributed by atoms with van der Waals surface area (Å²) in [5.74, 6) is 0.621. The molecule has 2 heterocycles. The number of nitriles is 1. The first-order valence-electron chi connectivity index (χ1n) is 4.86. The van der Waals surface area contributed by atoms with Crippen LogP contribution in [0.3, 0.4) is 0 Å². The van der Waals surface area contributed by atoms with Gasteiger partial charge in [0.2, 0.25) is 0 Å². The molecule has 0 aliphatic carbocycles. The molecule has 0 radical (unpaired) electrons. The summed E-state index contributed by atoms with van der Waals surface area (Å²) in [6, 6.07) is 1.92. The number of aromatic nitrogens is 2. The lowest BCUT2D eigenvalue weighted by atomic mass is 10.3. The number of hydrogen-bond donors (Lipinski definition) is 2. The lowest BCUT2D eigenvalue weighted by Crippen LogP contribution is -2.45. The van der Waals surface area contributed by atoms with Crippen molar-refractivity contribution in [1.29, 1.82) is 5.26 Å². The van der Waals surface area contributed by atoms with Crippen LogP contribution in [0.4, 0.5) is 5.82 Å². The highest BCUT2D eigenvalue weighted by atomic mass is 16.1. The number of H-pyrrole nitrogens is 2. The number of hydrogen-bond acceptors (Lipinski definition) is 4. The second-order valence-electron chi connectivity index (χ2n) is 3.70. The van der Waals surface area contributed by atoms with Gasteiger partial charge in [-0.15, -0.1) is 0 Å². The molecular formula is C9H13N5O. The fourth-order valence-corrected chi connectivity index (χ4v) is 1.72. The second-order valence-corrected chi connectivity index (χ2v) is 3.70. The summed E-state index contributed by atoms with van der Waals surface area (Å²) in [7, 11) is 2.06. The number of anilines is 1. The van der Waals surface area contributed by atoms with E-state index in [2.05, 4.69) is 22.1 Å². The fourth-order valence-electron chi connectivity index (χ4n) is 1.72. The molecule has 80 valence electrons. The molecule has 0 atom stereocenters. The quantitative estimate of drug-likeness (QED) is 0.640. The Morgan fingerprint density at radius 1 is 1.27 bits per heavy atom. The Balaban J connectivity index is 2.23. The van der Waals surface area contributed by atoms with Gasteiger partial charge < -0.3 is 9.80 Å². The van der Waals surface area contributed by atoms with Crippen LogP contribution in [0.25, 0.3) is 0 Å². The first-order valence-corrected chi connectivity index (χ1v) is 4.86. The molecule has 0 unspecified atom stereocenters. The Morgan fingerprint density at radius 3 is 2.53 bits per heavy atom. The van der Waals surface area contributed by atoms with Crippen LogP contribution in [0.1, 0.15) is 5.56 Å². The third-order valence-electron chi connectivity index (χ3n) is 2.69. The molecule has 1 aromatic heterocycles. The number of nitrogens with zero attached hydrogens (tertiary/aromatic N) is 3. The normalized spacial score (nSPS) is 17.7. The molecule has 1 aliphatic heterocycles. The van der Waals surface area contributed by atoms with E-state index < -0.39 is 0 Å². The zero-order chi connectivity index (χ0) is 10.8. The van der Waals surface area contributed by atoms with Crippen molar-refractivity contribution in [3.8, 4) is 6.07 Å². The van der Waals surface area contributed by atoms with E-state index in [0.29, 0.717) is 5.82 Å². The fraction of sp³-hybridized carbons (Fsp3) is 0.556.